The maximum Gasteiger partial charge on any atom is 0.268 e. The minimum absolute atomic E-state index is 0.138. The zero-order chi connectivity index (χ0) is 18.1. The number of thioether (sulfide) groups is 1. The number of hydrogen-bond acceptors (Lipinski definition) is 7. The fourth-order valence-electron chi connectivity index (χ4n) is 2.81. The van der Waals surface area contributed by atoms with Crippen molar-refractivity contribution >= 4 is 43.3 Å². The number of hydrogen-bond donors (Lipinski definition) is 1. The standard InChI is InChI=1S/C16H16N4O3S3/c21-16-15-12(5-8-24-15)18-13(19-16)10-25-14-4-3-11(9-17-14)26(22,23)20-6-1-2-7-20/h3-5,8-9H,1-2,6-7,10H2,(H,18,19,21). The van der Waals surface area contributed by atoms with Gasteiger partial charge in [0.25, 0.3) is 5.56 Å². The Morgan fingerprint density at radius 2 is 2.04 bits per heavy atom. The Balaban J connectivity index is 1.48. The summed E-state index contributed by atoms with van der Waals surface area (Å²) in [7, 11) is -3.44. The van der Waals surface area contributed by atoms with Gasteiger partial charge in [0.1, 0.15) is 15.4 Å². The van der Waals surface area contributed by atoms with Crippen LogP contribution in [-0.4, -0.2) is 40.8 Å². The van der Waals surface area contributed by atoms with Crippen LogP contribution in [0.15, 0.2) is 44.5 Å². The number of nitrogens with zero attached hydrogens (tertiary/aromatic N) is 3. The van der Waals surface area contributed by atoms with Crippen molar-refractivity contribution < 1.29 is 8.42 Å². The van der Waals surface area contributed by atoms with Crippen molar-refractivity contribution in [3.8, 4) is 0 Å². The van der Waals surface area contributed by atoms with Crippen molar-refractivity contribution in [3.63, 3.8) is 0 Å². The van der Waals surface area contributed by atoms with Gasteiger partial charge in [-0.25, -0.2) is 18.4 Å². The molecular weight excluding hydrogens is 392 g/mol. The number of rotatable bonds is 5. The number of pyridine rings is 1. The van der Waals surface area contributed by atoms with Gasteiger partial charge in [0, 0.05) is 19.3 Å². The summed E-state index contributed by atoms with van der Waals surface area (Å²) in [6, 6.07) is 5.09. The minimum atomic E-state index is -3.44. The molecule has 1 aliphatic rings. The molecule has 0 radical (unpaired) electrons. The largest absolute Gasteiger partial charge is 0.309 e. The molecule has 10 heteroatoms. The van der Waals surface area contributed by atoms with Gasteiger partial charge < -0.3 is 4.98 Å². The van der Waals surface area contributed by atoms with Crippen LogP contribution >= 0.6 is 23.1 Å². The number of aromatic amines is 1. The molecule has 0 aromatic carbocycles. The molecule has 26 heavy (non-hydrogen) atoms. The highest BCUT2D eigenvalue weighted by Crippen LogP contribution is 2.24. The van der Waals surface area contributed by atoms with E-state index in [2.05, 4.69) is 15.0 Å². The second-order valence-electron chi connectivity index (χ2n) is 5.88. The second-order valence-corrected chi connectivity index (χ2v) is 9.73. The third-order valence-electron chi connectivity index (χ3n) is 4.13. The summed E-state index contributed by atoms with van der Waals surface area (Å²) in [5, 5.41) is 2.52. The zero-order valence-electron chi connectivity index (χ0n) is 13.7. The Morgan fingerprint density at radius 1 is 1.23 bits per heavy atom. The van der Waals surface area contributed by atoms with Gasteiger partial charge in [-0.15, -0.1) is 11.3 Å². The topological polar surface area (TPSA) is 96.0 Å². The molecule has 0 unspecified atom stereocenters. The molecule has 1 aliphatic heterocycles. The van der Waals surface area contributed by atoms with E-state index in [9.17, 15) is 13.2 Å². The number of H-pyrrole nitrogens is 1. The van der Waals surface area contributed by atoms with Crippen molar-refractivity contribution in [2.24, 2.45) is 0 Å². The molecule has 1 N–H and O–H groups in total. The fraction of sp³-hybridized carbons (Fsp3) is 0.312. The van der Waals surface area contributed by atoms with Crippen LogP contribution < -0.4 is 5.56 Å². The molecule has 0 spiro atoms. The van der Waals surface area contributed by atoms with Gasteiger partial charge in [0.2, 0.25) is 10.0 Å². The lowest BCUT2D eigenvalue weighted by atomic mass is 10.4. The number of nitrogens with one attached hydrogen (secondary N) is 1. The molecule has 1 fully saturated rings. The molecule has 7 nitrogen and oxygen atoms in total. The summed E-state index contributed by atoms with van der Waals surface area (Å²) in [4.78, 5) is 23.6. The van der Waals surface area contributed by atoms with Crippen LogP contribution in [0.4, 0.5) is 0 Å². The zero-order valence-corrected chi connectivity index (χ0v) is 16.2. The average molecular weight is 409 g/mol. The lowest BCUT2D eigenvalue weighted by Crippen LogP contribution is -2.27. The van der Waals surface area contributed by atoms with Crippen LogP contribution in [0, 0.1) is 0 Å². The summed E-state index contributed by atoms with van der Waals surface area (Å²) in [5.74, 6) is 1.02. The molecule has 1 saturated heterocycles. The van der Waals surface area contributed by atoms with Crippen molar-refractivity contribution in [1.29, 1.82) is 0 Å². The third kappa shape index (κ3) is 3.41. The third-order valence-corrected chi connectivity index (χ3v) is 7.87. The molecule has 0 amide bonds. The van der Waals surface area contributed by atoms with Gasteiger partial charge in [-0.3, -0.25) is 4.79 Å². The van der Waals surface area contributed by atoms with E-state index in [0.717, 1.165) is 12.8 Å². The summed E-state index contributed by atoms with van der Waals surface area (Å²) in [5.41, 5.74) is 0.551. The van der Waals surface area contributed by atoms with Crippen molar-refractivity contribution in [2.45, 2.75) is 28.5 Å². The van der Waals surface area contributed by atoms with E-state index in [-0.39, 0.29) is 10.5 Å². The molecule has 4 heterocycles. The summed E-state index contributed by atoms with van der Waals surface area (Å²) in [6.07, 6.45) is 3.20. The SMILES string of the molecule is O=c1[nH]c(CSc2ccc(S(=O)(=O)N3CCCC3)cn2)nc2ccsc12. The van der Waals surface area contributed by atoms with Crippen LogP contribution in [0.2, 0.25) is 0 Å². The smallest absolute Gasteiger partial charge is 0.268 e. The van der Waals surface area contributed by atoms with Crippen LogP contribution in [0.1, 0.15) is 18.7 Å². The first-order valence-electron chi connectivity index (χ1n) is 8.09. The number of thiophene rings is 1. The molecule has 0 bridgehead atoms. The Kier molecular flexibility index (Phi) is 4.82. The molecule has 3 aromatic rings. The van der Waals surface area contributed by atoms with Crippen LogP contribution in [0.5, 0.6) is 0 Å². The highest BCUT2D eigenvalue weighted by Gasteiger charge is 2.27. The van der Waals surface area contributed by atoms with E-state index in [1.165, 1.54) is 33.6 Å². The lowest BCUT2D eigenvalue weighted by molar-refractivity contribution is 0.477. The molecule has 3 aromatic heterocycles. The van der Waals surface area contributed by atoms with Gasteiger partial charge in [-0.05, 0) is 36.4 Å². The number of fused-ring (bicyclic) bond motifs is 1. The van der Waals surface area contributed by atoms with E-state index < -0.39 is 10.0 Å². The Labute approximate surface area is 158 Å². The number of sulfonamides is 1. The molecule has 4 rings (SSSR count). The van der Waals surface area contributed by atoms with Crippen LogP contribution in [0.3, 0.4) is 0 Å². The maximum atomic E-state index is 12.5. The Morgan fingerprint density at radius 3 is 2.77 bits per heavy atom. The predicted octanol–water partition coefficient (Wildman–Crippen LogP) is 2.46. The predicted molar refractivity (Wildman–Crippen MR) is 102 cm³/mol. The summed E-state index contributed by atoms with van der Waals surface area (Å²) < 4.78 is 27.1. The van der Waals surface area contributed by atoms with Gasteiger partial charge >= 0.3 is 0 Å². The van der Waals surface area contributed by atoms with E-state index in [4.69, 9.17) is 0 Å². The first kappa shape index (κ1) is 17.7. The minimum Gasteiger partial charge on any atom is -0.309 e. The summed E-state index contributed by atoms with van der Waals surface area (Å²) >= 11 is 2.76. The summed E-state index contributed by atoms with van der Waals surface area (Å²) in [6.45, 7) is 1.14. The fourth-order valence-corrected chi connectivity index (χ4v) is 5.72. The van der Waals surface area contributed by atoms with Gasteiger partial charge in [0.05, 0.1) is 16.3 Å². The van der Waals surface area contributed by atoms with E-state index in [1.807, 2.05) is 11.4 Å². The van der Waals surface area contributed by atoms with Crippen molar-refractivity contribution in [1.82, 2.24) is 19.3 Å². The molecule has 0 aliphatic carbocycles. The Bertz CT molecular complexity index is 1080. The quantitative estimate of drug-likeness (QED) is 0.652. The first-order chi connectivity index (χ1) is 12.5. The van der Waals surface area contributed by atoms with E-state index in [0.29, 0.717) is 39.9 Å². The molecule has 0 atom stereocenters. The van der Waals surface area contributed by atoms with Crippen molar-refractivity contribution in [3.05, 3.63) is 46.0 Å². The highest BCUT2D eigenvalue weighted by molar-refractivity contribution is 7.98. The number of aromatic nitrogens is 3. The molecule has 136 valence electrons. The normalized spacial score (nSPS) is 15.7. The first-order valence-corrected chi connectivity index (χ1v) is 11.4. The van der Waals surface area contributed by atoms with Gasteiger partial charge in [-0.1, -0.05) is 11.8 Å². The van der Waals surface area contributed by atoms with E-state index in [1.54, 1.807) is 12.1 Å². The second kappa shape index (κ2) is 7.10. The Hall–Kier alpha value is -1.75. The van der Waals surface area contributed by atoms with Crippen LogP contribution in [-0.2, 0) is 15.8 Å². The lowest BCUT2D eigenvalue weighted by Gasteiger charge is -2.15. The highest BCUT2D eigenvalue weighted by atomic mass is 32.2. The van der Waals surface area contributed by atoms with Crippen molar-refractivity contribution in [2.75, 3.05) is 13.1 Å². The van der Waals surface area contributed by atoms with Gasteiger partial charge in [-0.2, -0.15) is 4.31 Å². The van der Waals surface area contributed by atoms with Gasteiger partial charge in [0.15, 0.2) is 0 Å². The maximum absolute atomic E-state index is 12.5. The average Bonchev–Trinajstić information content (AvgIpc) is 3.32. The van der Waals surface area contributed by atoms with E-state index >= 15 is 0 Å². The molecule has 0 saturated carbocycles. The monoisotopic (exact) mass is 408 g/mol. The van der Waals surface area contributed by atoms with Crippen LogP contribution in [0.25, 0.3) is 10.2 Å². The molecular formula is C16H16N4O3S3.